The maximum absolute atomic E-state index is 14.0. The summed E-state index contributed by atoms with van der Waals surface area (Å²) < 4.78 is 37.9. The molecule has 34 heavy (non-hydrogen) atoms. The first-order valence-electron chi connectivity index (χ1n) is 10.7. The Balaban J connectivity index is 1.64. The smallest absolute Gasteiger partial charge is 0.252 e. The maximum atomic E-state index is 14.0. The molecule has 2 aromatic heterocycles. The lowest BCUT2D eigenvalue weighted by molar-refractivity contribution is 0.400. The molecule has 9 heteroatoms. The third kappa shape index (κ3) is 4.13. The summed E-state index contributed by atoms with van der Waals surface area (Å²) in [5.74, 6) is 0. The summed E-state index contributed by atoms with van der Waals surface area (Å²) in [4.78, 5) is 16.0. The first-order valence-corrected chi connectivity index (χ1v) is 12.9. The van der Waals surface area contributed by atoms with Gasteiger partial charge in [-0.2, -0.15) is 13.1 Å². The van der Waals surface area contributed by atoms with Gasteiger partial charge < -0.3 is 4.98 Å². The number of nitrogens with one attached hydrogen (secondary N) is 1. The van der Waals surface area contributed by atoms with Crippen LogP contribution in [0, 0.1) is 13.8 Å². The Hall–Kier alpha value is -3.40. The van der Waals surface area contributed by atoms with Crippen LogP contribution in [-0.2, 0) is 23.1 Å². The van der Waals surface area contributed by atoms with Gasteiger partial charge in [0.1, 0.15) is 15.9 Å². The van der Waals surface area contributed by atoms with Crippen molar-refractivity contribution < 1.29 is 8.42 Å². The fourth-order valence-electron chi connectivity index (χ4n) is 4.06. The predicted molar refractivity (Wildman–Crippen MR) is 134 cm³/mol. The largest absolute Gasteiger partial charge is 0.322 e. The predicted octanol–water partition coefficient (Wildman–Crippen LogP) is 4.54. The standard InChI is InChI=1S/C25H22N4O3S2/c1-16-8-10-19-13-20(25(30)26-22(19)12-16)15-29(14-18-6-4-3-5-7-18)34(31,32)24-17(2)9-11-21-23(24)28-33-27-21/h3-13H,14-15H2,1-2H3,(H,26,30). The van der Waals surface area contributed by atoms with E-state index in [2.05, 4.69) is 13.7 Å². The van der Waals surface area contributed by atoms with Crippen LogP contribution in [-0.4, -0.2) is 26.5 Å². The van der Waals surface area contributed by atoms with E-state index in [0.717, 1.165) is 33.8 Å². The number of H-pyrrole nitrogens is 1. The molecule has 5 rings (SSSR count). The maximum Gasteiger partial charge on any atom is 0.252 e. The van der Waals surface area contributed by atoms with Crippen LogP contribution in [0.4, 0.5) is 0 Å². The molecule has 0 saturated carbocycles. The molecule has 0 saturated heterocycles. The van der Waals surface area contributed by atoms with E-state index in [0.29, 0.717) is 22.2 Å². The molecule has 0 unspecified atom stereocenters. The highest BCUT2D eigenvalue weighted by Crippen LogP contribution is 2.30. The van der Waals surface area contributed by atoms with Gasteiger partial charge in [0.05, 0.1) is 11.7 Å². The zero-order valence-corrected chi connectivity index (χ0v) is 20.3. The number of pyridine rings is 1. The lowest BCUT2D eigenvalue weighted by atomic mass is 10.1. The molecule has 0 aliphatic rings. The number of aryl methyl sites for hydroxylation is 2. The van der Waals surface area contributed by atoms with Gasteiger partial charge >= 0.3 is 0 Å². The van der Waals surface area contributed by atoms with E-state index in [9.17, 15) is 13.2 Å². The first kappa shape index (κ1) is 22.4. The summed E-state index contributed by atoms with van der Waals surface area (Å²) in [5.41, 5.74) is 4.11. The Bertz CT molecular complexity index is 1680. The minimum Gasteiger partial charge on any atom is -0.322 e. The summed E-state index contributed by atoms with van der Waals surface area (Å²) in [6.45, 7) is 3.74. The van der Waals surface area contributed by atoms with Gasteiger partial charge in [0, 0.05) is 24.2 Å². The van der Waals surface area contributed by atoms with Crippen molar-refractivity contribution >= 4 is 43.7 Å². The van der Waals surface area contributed by atoms with Crippen molar-refractivity contribution in [3.05, 3.63) is 99.3 Å². The summed E-state index contributed by atoms with van der Waals surface area (Å²) in [5, 5.41) is 0.847. The molecule has 0 aliphatic heterocycles. The average molecular weight is 491 g/mol. The molecule has 0 radical (unpaired) electrons. The zero-order valence-electron chi connectivity index (χ0n) is 18.6. The lowest BCUT2D eigenvalue weighted by Crippen LogP contribution is -2.33. The minimum atomic E-state index is -4.02. The Labute approximate surface area is 201 Å². The number of fused-ring (bicyclic) bond motifs is 2. The summed E-state index contributed by atoms with van der Waals surface area (Å²) in [7, 11) is -4.02. The van der Waals surface area contributed by atoms with Gasteiger partial charge in [-0.25, -0.2) is 8.42 Å². The molecule has 7 nitrogen and oxygen atoms in total. The van der Waals surface area contributed by atoms with E-state index in [1.165, 1.54) is 4.31 Å². The van der Waals surface area contributed by atoms with Crippen LogP contribution in [0.1, 0.15) is 22.3 Å². The second kappa shape index (κ2) is 8.75. The molecule has 0 fully saturated rings. The number of rotatable bonds is 6. The molecule has 0 amide bonds. The van der Waals surface area contributed by atoms with Crippen LogP contribution in [0.25, 0.3) is 21.9 Å². The molecule has 3 aromatic carbocycles. The number of aromatic amines is 1. The number of aromatic nitrogens is 3. The molecule has 0 aliphatic carbocycles. The quantitative estimate of drug-likeness (QED) is 0.377. The van der Waals surface area contributed by atoms with Crippen molar-refractivity contribution in [2.45, 2.75) is 31.8 Å². The Morgan fingerprint density at radius 3 is 2.53 bits per heavy atom. The van der Waals surface area contributed by atoms with Gasteiger partial charge in [-0.05, 0) is 54.1 Å². The van der Waals surface area contributed by atoms with Crippen molar-refractivity contribution in [2.75, 3.05) is 0 Å². The highest BCUT2D eigenvalue weighted by molar-refractivity contribution is 7.89. The molecule has 172 valence electrons. The van der Waals surface area contributed by atoms with Gasteiger partial charge in [-0.3, -0.25) is 4.79 Å². The summed E-state index contributed by atoms with van der Waals surface area (Å²) in [6.07, 6.45) is 0. The summed E-state index contributed by atoms with van der Waals surface area (Å²) >= 11 is 0.979. The van der Waals surface area contributed by atoms with E-state index in [4.69, 9.17) is 0 Å². The van der Waals surface area contributed by atoms with E-state index < -0.39 is 10.0 Å². The SMILES string of the molecule is Cc1ccc2cc(CN(Cc3ccccc3)S(=O)(=O)c3c(C)ccc4nsnc34)c(=O)[nH]c2c1. The summed E-state index contributed by atoms with van der Waals surface area (Å²) in [6, 6.07) is 20.4. The van der Waals surface area contributed by atoms with E-state index >= 15 is 0 Å². The molecule has 0 atom stereocenters. The number of hydrogen-bond acceptors (Lipinski definition) is 6. The Morgan fingerprint density at radius 1 is 0.941 bits per heavy atom. The van der Waals surface area contributed by atoms with Crippen molar-refractivity contribution in [1.29, 1.82) is 0 Å². The van der Waals surface area contributed by atoms with Crippen molar-refractivity contribution in [1.82, 2.24) is 18.0 Å². The highest BCUT2D eigenvalue weighted by atomic mass is 32.2. The molecule has 0 bridgehead atoms. The van der Waals surface area contributed by atoms with Crippen LogP contribution in [0.15, 0.2) is 76.4 Å². The molecule has 5 aromatic rings. The minimum absolute atomic E-state index is 0.0796. The Kier molecular flexibility index (Phi) is 5.76. The number of benzene rings is 3. The normalized spacial score (nSPS) is 12.1. The number of sulfonamides is 1. The molecule has 1 N–H and O–H groups in total. The molecular weight excluding hydrogens is 468 g/mol. The fraction of sp³-hybridized carbons (Fsp3) is 0.160. The number of hydrogen-bond donors (Lipinski definition) is 1. The van der Waals surface area contributed by atoms with Crippen LogP contribution in [0.3, 0.4) is 0 Å². The van der Waals surface area contributed by atoms with Gasteiger partial charge in [0.15, 0.2) is 0 Å². The first-order chi connectivity index (χ1) is 16.3. The second-order valence-electron chi connectivity index (χ2n) is 8.32. The molecule has 0 spiro atoms. The van der Waals surface area contributed by atoms with Crippen LogP contribution in [0.2, 0.25) is 0 Å². The molecule has 2 heterocycles. The lowest BCUT2D eigenvalue weighted by Gasteiger charge is -2.23. The fourth-order valence-corrected chi connectivity index (χ4v) is 6.42. The van der Waals surface area contributed by atoms with E-state index in [-0.39, 0.29) is 23.5 Å². The van der Waals surface area contributed by atoms with Crippen LogP contribution in [0.5, 0.6) is 0 Å². The topological polar surface area (TPSA) is 96.0 Å². The zero-order chi connectivity index (χ0) is 23.9. The highest BCUT2D eigenvalue weighted by Gasteiger charge is 2.30. The molecular formula is C25H22N4O3S2. The third-order valence-corrected chi connectivity index (χ3v) is 8.31. The van der Waals surface area contributed by atoms with Gasteiger partial charge in [0.2, 0.25) is 10.0 Å². The van der Waals surface area contributed by atoms with Crippen molar-refractivity contribution in [3.8, 4) is 0 Å². The number of nitrogens with zero attached hydrogens (tertiary/aromatic N) is 3. The monoisotopic (exact) mass is 490 g/mol. The van der Waals surface area contributed by atoms with Crippen LogP contribution < -0.4 is 5.56 Å². The van der Waals surface area contributed by atoms with Crippen LogP contribution >= 0.6 is 11.7 Å². The van der Waals surface area contributed by atoms with Crippen molar-refractivity contribution in [3.63, 3.8) is 0 Å². The van der Waals surface area contributed by atoms with E-state index in [1.807, 2.05) is 55.5 Å². The van der Waals surface area contributed by atoms with Crippen molar-refractivity contribution in [2.24, 2.45) is 0 Å². The van der Waals surface area contributed by atoms with Gasteiger partial charge in [-0.15, -0.1) is 0 Å². The van der Waals surface area contributed by atoms with E-state index in [1.54, 1.807) is 25.1 Å². The van der Waals surface area contributed by atoms with Gasteiger partial charge in [-0.1, -0.05) is 48.5 Å². The van der Waals surface area contributed by atoms with Gasteiger partial charge in [0.25, 0.3) is 5.56 Å². The second-order valence-corrected chi connectivity index (χ2v) is 10.7. The Morgan fingerprint density at radius 2 is 1.74 bits per heavy atom. The third-order valence-electron chi connectivity index (χ3n) is 5.80. The average Bonchev–Trinajstić information content (AvgIpc) is 3.28.